The van der Waals surface area contributed by atoms with Crippen LogP contribution in [0.3, 0.4) is 0 Å². The molecule has 1 nitrogen and oxygen atoms in total. The molecular weight excluding hydrogens is 266 g/mol. The van der Waals surface area contributed by atoms with Gasteiger partial charge in [0.25, 0.3) is 0 Å². The quantitative estimate of drug-likeness (QED) is 0.691. The predicted octanol–water partition coefficient (Wildman–Crippen LogP) is 5.38. The van der Waals surface area contributed by atoms with Gasteiger partial charge >= 0.3 is 0 Å². The maximum atomic E-state index is 6.12. The van der Waals surface area contributed by atoms with Crippen molar-refractivity contribution >= 4 is 0 Å². The van der Waals surface area contributed by atoms with Gasteiger partial charge in [0.15, 0.2) is 0 Å². The molecule has 4 saturated carbocycles. The van der Waals surface area contributed by atoms with Crippen molar-refractivity contribution in [3.05, 3.63) is 0 Å². The molecule has 6 unspecified atom stereocenters. The van der Waals surface area contributed by atoms with E-state index in [4.69, 9.17) is 5.73 Å². The highest BCUT2D eigenvalue weighted by Crippen LogP contribution is 2.54. The predicted molar refractivity (Wildman–Crippen MR) is 93.5 cm³/mol. The SMILES string of the molecule is CC1CCC2C(CCC3CC(C4CCC(N)CC4)CCC32)C1. The second-order valence-corrected chi connectivity index (χ2v) is 9.59. The molecule has 0 saturated heterocycles. The zero-order valence-corrected chi connectivity index (χ0v) is 14.7. The fourth-order valence-corrected chi connectivity index (χ4v) is 7.11. The van der Waals surface area contributed by atoms with Gasteiger partial charge in [0.05, 0.1) is 0 Å². The van der Waals surface area contributed by atoms with Crippen molar-refractivity contribution in [1.82, 2.24) is 0 Å². The Morgan fingerprint density at radius 3 is 1.82 bits per heavy atom. The lowest BCUT2D eigenvalue weighted by atomic mass is 9.54. The lowest BCUT2D eigenvalue weighted by Crippen LogP contribution is -2.42. The molecule has 0 aromatic rings. The van der Waals surface area contributed by atoms with Crippen molar-refractivity contribution in [3.63, 3.8) is 0 Å². The molecule has 4 rings (SSSR count). The van der Waals surface area contributed by atoms with E-state index in [1.807, 2.05) is 0 Å². The molecule has 4 aliphatic rings. The zero-order chi connectivity index (χ0) is 15.1. The number of hydrogen-bond acceptors (Lipinski definition) is 1. The molecule has 6 atom stereocenters. The molecule has 0 aromatic heterocycles. The van der Waals surface area contributed by atoms with Crippen LogP contribution in [0.2, 0.25) is 0 Å². The van der Waals surface area contributed by atoms with Gasteiger partial charge in [0.1, 0.15) is 0 Å². The highest BCUT2D eigenvalue weighted by atomic mass is 14.6. The second-order valence-electron chi connectivity index (χ2n) is 9.59. The molecule has 0 aliphatic heterocycles. The minimum Gasteiger partial charge on any atom is -0.328 e. The van der Waals surface area contributed by atoms with Crippen LogP contribution in [0.15, 0.2) is 0 Å². The molecule has 4 fully saturated rings. The van der Waals surface area contributed by atoms with E-state index < -0.39 is 0 Å². The van der Waals surface area contributed by atoms with Crippen LogP contribution in [-0.2, 0) is 0 Å². The Hall–Kier alpha value is -0.0400. The number of fused-ring (bicyclic) bond motifs is 3. The Labute approximate surface area is 137 Å². The van der Waals surface area contributed by atoms with Gasteiger partial charge in [-0.2, -0.15) is 0 Å². The van der Waals surface area contributed by atoms with Crippen molar-refractivity contribution in [2.24, 2.45) is 47.2 Å². The van der Waals surface area contributed by atoms with Gasteiger partial charge in [-0.3, -0.25) is 0 Å². The van der Waals surface area contributed by atoms with Crippen molar-refractivity contribution < 1.29 is 0 Å². The van der Waals surface area contributed by atoms with Crippen LogP contribution >= 0.6 is 0 Å². The molecule has 0 aromatic carbocycles. The van der Waals surface area contributed by atoms with E-state index in [0.29, 0.717) is 6.04 Å². The van der Waals surface area contributed by atoms with Crippen molar-refractivity contribution in [3.8, 4) is 0 Å². The molecule has 0 bridgehead atoms. The first-order valence-corrected chi connectivity index (χ1v) is 10.5. The summed E-state index contributed by atoms with van der Waals surface area (Å²) in [5.41, 5.74) is 6.12. The van der Waals surface area contributed by atoms with Gasteiger partial charge in [-0.25, -0.2) is 0 Å². The summed E-state index contributed by atoms with van der Waals surface area (Å²) in [4.78, 5) is 0. The summed E-state index contributed by atoms with van der Waals surface area (Å²) in [5.74, 6) is 7.56. The molecule has 0 amide bonds. The summed E-state index contributed by atoms with van der Waals surface area (Å²) < 4.78 is 0. The number of nitrogens with two attached hydrogens (primary N) is 1. The molecule has 126 valence electrons. The summed E-state index contributed by atoms with van der Waals surface area (Å²) in [6.45, 7) is 2.49. The van der Waals surface area contributed by atoms with Crippen LogP contribution in [0.25, 0.3) is 0 Å². The highest BCUT2D eigenvalue weighted by molar-refractivity contribution is 4.95. The van der Waals surface area contributed by atoms with E-state index >= 15 is 0 Å². The van der Waals surface area contributed by atoms with Crippen LogP contribution in [0.5, 0.6) is 0 Å². The van der Waals surface area contributed by atoms with Crippen LogP contribution < -0.4 is 5.73 Å². The molecule has 1 heteroatoms. The Bertz CT molecular complexity index is 370. The zero-order valence-electron chi connectivity index (χ0n) is 14.7. The summed E-state index contributed by atoms with van der Waals surface area (Å²) in [6, 6.07) is 0.521. The molecule has 22 heavy (non-hydrogen) atoms. The smallest absolute Gasteiger partial charge is 0.00390 e. The third-order valence-electron chi connectivity index (χ3n) is 8.33. The summed E-state index contributed by atoms with van der Waals surface area (Å²) >= 11 is 0. The van der Waals surface area contributed by atoms with Crippen LogP contribution in [0.4, 0.5) is 0 Å². The summed E-state index contributed by atoms with van der Waals surface area (Å²) in [5, 5.41) is 0. The first-order chi connectivity index (χ1) is 10.7. The molecule has 0 heterocycles. The van der Waals surface area contributed by atoms with Crippen LogP contribution in [0.1, 0.15) is 84.0 Å². The molecule has 0 spiro atoms. The second kappa shape index (κ2) is 6.46. The minimum absolute atomic E-state index is 0.521. The molecule has 4 aliphatic carbocycles. The number of hydrogen-bond donors (Lipinski definition) is 1. The average Bonchev–Trinajstić information content (AvgIpc) is 2.54. The number of rotatable bonds is 1. The molecular formula is C21H37N. The first kappa shape index (κ1) is 15.5. The largest absolute Gasteiger partial charge is 0.328 e. The third kappa shape index (κ3) is 2.99. The van der Waals surface area contributed by atoms with E-state index in [-0.39, 0.29) is 0 Å². The first-order valence-electron chi connectivity index (χ1n) is 10.5. The van der Waals surface area contributed by atoms with Crippen molar-refractivity contribution in [2.75, 3.05) is 0 Å². The van der Waals surface area contributed by atoms with E-state index in [2.05, 4.69) is 6.92 Å². The maximum absolute atomic E-state index is 6.12. The molecule has 0 radical (unpaired) electrons. The Morgan fingerprint density at radius 2 is 1.09 bits per heavy atom. The lowest BCUT2D eigenvalue weighted by molar-refractivity contribution is -0.0121. The molecule has 2 N–H and O–H groups in total. The van der Waals surface area contributed by atoms with Gasteiger partial charge in [0.2, 0.25) is 0 Å². The minimum atomic E-state index is 0.521. The highest BCUT2D eigenvalue weighted by Gasteiger charge is 2.45. The summed E-state index contributed by atoms with van der Waals surface area (Å²) in [6.07, 6.45) is 18.0. The van der Waals surface area contributed by atoms with Gasteiger partial charge in [-0.1, -0.05) is 13.3 Å². The van der Waals surface area contributed by atoms with E-state index in [1.54, 1.807) is 44.9 Å². The van der Waals surface area contributed by atoms with Crippen molar-refractivity contribution in [2.45, 2.75) is 90.0 Å². The van der Waals surface area contributed by atoms with Gasteiger partial charge in [-0.15, -0.1) is 0 Å². The third-order valence-corrected chi connectivity index (χ3v) is 8.33. The fourth-order valence-electron chi connectivity index (χ4n) is 7.11. The van der Waals surface area contributed by atoms with Gasteiger partial charge < -0.3 is 5.73 Å². The van der Waals surface area contributed by atoms with Crippen LogP contribution in [0, 0.1) is 41.4 Å². The van der Waals surface area contributed by atoms with Crippen molar-refractivity contribution in [1.29, 1.82) is 0 Å². The fraction of sp³-hybridized carbons (Fsp3) is 1.00. The van der Waals surface area contributed by atoms with E-state index in [1.165, 1.54) is 32.1 Å². The van der Waals surface area contributed by atoms with Gasteiger partial charge in [0, 0.05) is 6.04 Å². The maximum Gasteiger partial charge on any atom is 0.00390 e. The van der Waals surface area contributed by atoms with E-state index in [9.17, 15) is 0 Å². The average molecular weight is 304 g/mol. The standard InChI is InChI=1S/C21H37N/c1-14-2-10-20-17(12-14)3-4-18-13-16(7-11-21(18)20)15-5-8-19(22)9-6-15/h14-21H,2-13,22H2,1H3. The Balaban J connectivity index is 1.37. The normalized spacial score (nSPS) is 52.6. The monoisotopic (exact) mass is 303 g/mol. The summed E-state index contributed by atoms with van der Waals surface area (Å²) in [7, 11) is 0. The lowest BCUT2D eigenvalue weighted by Gasteiger charge is -2.51. The Morgan fingerprint density at radius 1 is 0.545 bits per heavy atom. The van der Waals surface area contributed by atoms with Gasteiger partial charge in [-0.05, 0) is 112 Å². The topological polar surface area (TPSA) is 26.0 Å². The van der Waals surface area contributed by atoms with Crippen LogP contribution in [-0.4, -0.2) is 6.04 Å². The Kier molecular flexibility index (Phi) is 4.55. The van der Waals surface area contributed by atoms with E-state index in [0.717, 1.165) is 41.4 Å².